The number of alkyl halides is 1. The Balaban J connectivity index is 1.46. The van der Waals surface area contributed by atoms with E-state index in [1.54, 1.807) is 29.2 Å². The number of halogens is 1. The fraction of sp³-hybridized carbons (Fsp3) is 0.412. The molecule has 14 heteroatoms. The Morgan fingerprint density at radius 1 is 0.969 bits per heavy atom. The maximum atomic E-state index is 14.8. The summed E-state index contributed by atoms with van der Waals surface area (Å²) >= 11 is 6.15. The molecule has 4 aromatic carbocycles. The lowest BCUT2D eigenvalue weighted by atomic mass is 9.55. The van der Waals surface area contributed by atoms with Crippen LogP contribution in [0.1, 0.15) is 67.6 Å². The zero-order valence-electron chi connectivity index (χ0n) is 36.6. The molecule has 0 radical (unpaired) electrons. The first-order valence-electron chi connectivity index (χ1n) is 22.4. The molecule has 3 aliphatic rings. The molecule has 0 aromatic heterocycles. The number of benzene rings is 4. The number of aliphatic hydroxyl groups excluding tert-OH is 2. The van der Waals surface area contributed by atoms with E-state index in [2.05, 4.69) is 19.2 Å². The summed E-state index contributed by atoms with van der Waals surface area (Å²) < 4.78 is 26.5. The summed E-state index contributed by atoms with van der Waals surface area (Å²) in [5, 5.41) is 38.2. The van der Waals surface area contributed by atoms with Gasteiger partial charge in [0.05, 0.1) is 35.6 Å². The van der Waals surface area contributed by atoms with E-state index < -0.39 is 28.8 Å². The second kappa shape index (κ2) is 22.4. The highest BCUT2D eigenvalue weighted by molar-refractivity contribution is 6.18. The highest BCUT2D eigenvalue weighted by Crippen LogP contribution is 2.62. The Bertz CT molecular complexity index is 2350. The number of oxime groups is 1. The lowest BCUT2D eigenvalue weighted by Crippen LogP contribution is -2.70. The smallest absolute Gasteiger partial charge is 0.410 e. The summed E-state index contributed by atoms with van der Waals surface area (Å²) in [6.07, 6.45) is 9.48. The summed E-state index contributed by atoms with van der Waals surface area (Å²) in [6.45, 7) is 8.51. The van der Waals surface area contributed by atoms with Gasteiger partial charge in [-0.2, -0.15) is 0 Å². The number of hydrogen-bond donors (Lipinski definition) is 2. The van der Waals surface area contributed by atoms with E-state index in [0.717, 1.165) is 53.2 Å². The van der Waals surface area contributed by atoms with Crippen LogP contribution in [0.4, 0.5) is 10.5 Å². The number of carbonyl (C=O) groups is 1. The van der Waals surface area contributed by atoms with Crippen molar-refractivity contribution in [3.05, 3.63) is 149 Å². The largest absolute Gasteiger partial charge is 0.490 e. The highest BCUT2D eigenvalue weighted by Gasteiger charge is 2.65. The third kappa shape index (κ3) is 10.5. The van der Waals surface area contributed by atoms with Crippen LogP contribution in [0, 0.1) is 27.9 Å². The number of nitro benzene ring substituents is 1. The molecule has 1 aliphatic heterocycles. The summed E-state index contributed by atoms with van der Waals surface area (Å²) in [4.78, 5) is 33.6. The van der Waals surface area contributed by atoms with Gasteiger partial charge in [-0.05, 0) is 95.3 Å². The molecule has 13 nitrogen and oxygen atoms in total. The van der Waals surface area contributed by atoms with Crippen molar-refractivity contribution in [2.45, 2.75) is 75.8 Å². The van der Waals surface area contributed by atoms with Crippen LogP contribution in [0.5, 0.6) is 11.5 Å². The number of unbranched alkanes of at least 4 members (excludes halogenated alkanes) is 2. The van der Waals surface area contributed by atoms with Crippen LogP contribution in [0.2, 0.25) is 0 Å². The van der Waals surface area contributed by atoms with E-state index in [-0.39, 0.29) is 75.3 Å². The number of non-ortho nitro benzene ring substituents is 1. The normalized spacial score (nSPS) is 22.5. The Morgan fingerprint density at radius 2 is 1.72 bits per heavy atom. The lowest BCUT2D eigenvalue weighted by molar-refractivity contribution is -0.384. The summed E-state index contributed by atoms with van der Waals surface area (Å²) in [6, 6.07) is 25.1. The predicted octanol–water partition coefficient (Wildman–Crippen LogP) is 10.0. The van der Waals surface area contributed by atoms with Crippen LogP contribution in [0.15, 0.2) is 127 Å². The van der Waals surface area contributed by atoms with Gasteiger partial charge in [-0.1, -0.05) is 85.3 Å². The lowest BCUT2D eigenvalue weighted by Gasteiger charge is -2.59. The van der Waals surface area contributed by atoms with Gasteiger partial charge < -0.3 is 34.0 Å². The molecule has 1 fully saturated rings. The third-order valence-electron chi connectivity index (χ3n) is 12.7. The van der Waals surface area contributed by atoms with Gasteiger partial charge in [0.1, 0.15) is 37.4 Å². The minimum absolute atomic E-state index is 0.00579. The van der Waals surface area contributed by atoms with Crippen LogP contribution in [0.3, 0.4) is 0 Å². The number of nitro groups is 1. The molecule has 1 heterocycles. The number of allylic oxidation sites excluding steroid dienone is 1. The minimum atomic E-state index is -1.53. The molecule has 0 saturated heterocycles. The van der Waals surface area contributed by atoms with Crippen LogP contribution in [-0.2, 0) is 27.5 Å². The van der Waals surface area contributed by atoms with Gasteiger partial charge in [0, 0.05) is 43.2 Å². The van der Waals surface area contributed by atoms with E-state index in [1.165, 1.54) is 12.1 Å². The van der Waals surface area contributed by atoms with Gasteiger partial charge in [-0.15, -0.1) is 18.2 Å². The Kier molecular flexibility index (Phi) is 16.3. The number of fused-ring (bicyclic) bond motifs is 3. The third-order valence-corrected chi connectivity index (χ3v) is 12.9. The standard InChI is InChI=1S/C51H58ClN3O10/c1-3-27-61-40-22-23-46-44(31-40)48-42(17-8-10-26-57)37(13-7-9-25-56)30-43-45(53-64-34-35-18-20-39(21-19-35)55(59)60)32-47(51(65-46,49(43)48)63-28-4-2)54(50(58)62-29-24-52)33-38-15-11-14-36-12-5-6-16-41(36)38/h3-6,11-12,14-16,18-23,30-31,37,42,47-49,56-57H,1-2,7-10,13,17,24-29,32-34H2. The summed E-state index contributed by atoms with van der Waals surface area (Å²) in [5.74, 6) is -1.07. The van der Waals surface area contributed by atoms with Crippen molar-refractivity contribution in [1.29, 1.82) is 0 Å². The first kappa shape index (κ1) is 47.2. The SMILES string of the molecule is C=CCOc1ccc2c(c1)C1C(CCCCO)C(CCCCO)C=C3C(=NOCc4ccc([N+](=O)[O-])cc4)CC(N(Cc4cccc5ccccc45)C(=O)OCCCl)C(OCC=C)(O2)C31. The number of nitrogens with zero attached hydrogens (tertiary/aromatic N) is 3. The van der Waals surface area contributed by atoms with E-state index >= 15 is 0 Å². The van der Waals surface area contributed by atoms with Crippen molar-refractivity contribution in [3.63, 3.8) is 0 Å². The van der Waals surface area contributed by atoms with Crippen molar-refractivity contribution in [2.24, 2.45) is 22.9 Å². The molecule has 6 unspecified atom stereocenters. The molecule has 0 bridgehead atoms. The molecule has 7 rings (SSSR count). The average molecular weight is 908 g/mol. The van der Waals surface area contributed by atoms with Crippen LogP contribution in [0.25, 0.3) is 10.8 Å². The van der Waals surface area contributed by atoms with E-state index in [4.69, 9.17) is 40.5 Å². The fourth-order valence-electron chi connectivity index (χ4n) is 9.92. The number of hydrogen-bond acceptors (Lipinski definition) is 11. The van der Waals surface area contributed by atoms with Crippen molar-refractivity contribution < 1.29 is 43.7 Å². The van der Waals surface area contributed by atoms with Gasteiger partial charge >= 0.3 is 6.09 Å². The van der Waals surface area contributed by atoms with Gasteiger partial charge in [0.25, 0.3) is 5.69 Å². The molecule has 4 aromatic rings. The Hall–Kier alpha value is -5.73. The number of amides is 1. The average Bonchev–Trinajstić information content (AvgIpc) is 3.32. The number of aliphatic hydroxyl groups is 2. The van der Waals surface area contributed by atoms with Crippen LogP contribution in [-0.4, -0.2) is 82.6 Å². The molecule has 2 aliphatic carbocycles. The highest BCUT2D eigenvalue weighted by atomic mass is 35.5. The van der Waals surface area contributed by atoms with E-state index in [0.29, 0.717) is 42.2 Å². The Labute approximate surface area is 385 Å². The molecule has 2 N–H and O–H groups in total. The maximum Gasteiger partial charge on any atom is 0.410 e. The molecular formula is C51H58ClN3O10. The first-order valence-corrected chi connectivity index (χ1v) is 22.9. The fourth-order valence-corrected chi connectivity index (χ4v) is 9.99. The second-order valence-electron chi connectivity index (χ2n) is 16.6. The van der Waals surface area contributed by atoms with Gasteiger partial charge in [0.15, 0.2) is 0 Å². The minimum Gasteiger partial charge on any atom is -0.490 e. The van der Waals surface area contributed by atoms with Crippen LogP contribution >= 0.6 is 11.6 Å². The number of carbonyl (C=O) groups excluding carboxylic acids is 1. The van der Waals surface area contributed by atoms with Crippen molar-refractivity contribution >= 4 is 39.9 Å². The molecule has 65 heavy (non-hydrogen) atoms. The molecule has 6 atom stereocenters. The summed E-state index contributed by atoms with van der Waals surface area (Å²) in [5.41, 5.74) is 3.89. The van der Waals surface area contributed by atoms with Gasteiger partial charge in [-0.25, -0.2) is 4.79 Å². The molecule has 0 spiro atoms. The monoisotopic (exact) mass is 907 g/mol. The van der Waals surface area contributed by atoms with E-state index in [1.807, 2.05) is 60.7 Å². The Morgan fingerprint density at radius 3 is 2.46 bits per heavy atom. The summed E-state index contributed by atoms with van der Waals surface area (Å²) in [7, 11) is 0. The number of rotatable bonds is 23. The van der Waals surface area contributed by atoms with E-state index in [9.17, 15) is 25.1 Å². The maximum absolute atomic E-state index is 14.8. The molecule has 344 valence electrons. The quantitative estimate of drug-likeness (QED) is 0.0241. The predicted molar refractivity (Wildman–Crippen MR) is 250 cm³/mol. The van der Waals surface area contributed by atoms with Crippen molar-refractivity contribution in [3.8, 4) is 11.5 Å². The van der Waals surface area contributed by atoms with Gasteiger partial charge in [0.2, 0.25) is 5.79 Å². The number of ether oxygens (including phenoxy) is 4. The molecular weight excluding hydrogens is 850 g/mol. The van der Waals surface area contributed by atoms with Gasteiger partial charge in [-0.3, -0.25) is 15.0 Å². The second-order valence-corrected chi connectivity index (χ2v) is 17.0. The zero-order valence-corrected chi connectivity index (χ0v) is 37.4. The van der Waals surface area contributed by atoms with Crippen molar-refractivity contribution in [2.75, 3.05) is 38.9 Å². The van der Waals surface area contributed by atoms with Crippen LogP contribution < -0.4 is 9.47 Å². The first-order chi connectivity index (χ1) is 31.8. The zero-order chi connectivity index (χ0) is 45.8. The topological polar surface area (TPSA) is 162 Å². The van der Waals surface area contributed by atoms with Crippen molar-refractivity contribution in [1.82, 2.24) is 4.90 Å². The molecule has 1 saturated carbocycles. The molecule has 1 amide bonds.